The molecule has 0 spiro atoms. The van der Waals surface area contributed by atoms with Crippen LogP contribution in [-0.4, -0.2) is 16.1 Å². The first-order valence-corrected chi connectivity index (χ1v) is 6.73. The van der Waals surface area contributed by atoms with Crippen LogP contribution in [-0.2, 0) is 16.6 Å². The maximum atomic E-state index is 11.2. The average Bonchev–Trinajstić information content (AvgIpc) is 2.70. The number of carboxylic acids is 1. The molecule has 20 heavy (non-hydrogen) atoms. The average molecular weight is 275 g/mol. The second-order valence-corrected chi connectivity index (χ2v) is 6.94. The highest BCUT2D eigenvalue weighted by Gasteiger charge is 2.28. The zero-order chi connectivity index (χ0) is 15.1. The van der Waals surface area contributed by atoms with E-state index < -0.39 is 11.4 Å². The van der Waals surface area contributed by atoms with E-state index in [1.165, 1.54) is 0 Å². The fourth-order valence-corrected chi connectivity index (χ4v) is 1.99. The van der Waals surface area contributed by atoms with Crippen molar-refractivity contribution < 1.29 is 14.3 Å². The molecule has 1 aromatic carbocycles. The van der Waals surface area contributed by atoms with Crippen molar-refractivity contribution in [3.63, 3.8) is 0 Å². The van der Waals surface area contributed by atoms with Gasteiger partial charge in [-0.1, -0.05) is 26.8 Å². The van der Waals surface area contributed by atoms with E-state index in [0.29, 0.717) is 12.3 Å². The number of carboxylic acid groups (broad SMARTS) is 1. The maximum absolute atomic E-state index is 11.2. The molecule has 108 valence electrons. The van der Waals surface area contributed by atoms with Crippen molar-refractivity contribution in [3.8, 4) is 0 Å². The summed E-state index contributed by atoms with van der Waals surface area (Å²) >= 11 is 0. The van der Waals surface area contributed by atoms with Crippen LogP contribution in [0, 0.1) is 5.41 Å². The lowest BCUT2D eigenvalue weighted by Crippen LogP contribution is -2.26. The lowest BCUT2D eigenvalue weighted by molar-refractivity contribution is -0.146. The smallest absolute Gasteiger partial charge is 0.309 e. The molecular weight excluding hydrogens is 254 g/mol. The fourth-order valence-electron chi connectivity index (χ4n) is 1.99. The maximum Gasteiger partial charge on any atom is 0.309 e. The van der Waals surface area contributed by atoms with Crippen molar-refractivity contribution in [3.05, 3.63) is 29.7 Å². The Morgan fingerprint density at radius 1 is 1.25 bits per heavy atom. The van der Waals surface area contributed by atoms with Gasteiger partial charge in [-0.05, 0) is 38.0 Å². The van der Waals surface area contributed by atoms with Gasteiger partial charge >= 0.3 is 5.97 Å². The Kier molecular flexibility index (Phi) is 3.36. The first kappa shape index (κ1) is 14.6. The number of benzene rings is 1. The van der Waals surface area contributed by atoms with Gasteiger partial charge in [-0.15, -0.1) is 0 Å². The molecule has 2 rings (SSSR count). The van der Waals surface area contributed by atoms with Crippen LogP contribution in [0.1, 0.15) is 46.1 Å². The third kappa shape index (κ3) is 2.84. The fraction of sp³-hybridized carbons (Fsp3) is 0.500. The number of aliphatic carboxylic acids is 1. The molecular formula is C16H21NO3. The summed E-state index contributed by atoms with van der Waals surface area (Å²) < 4.78 is 5.74. The summed E-state index contributed by atoms with van der Waals surface area (Å²) in [5.41, 5.74) is 1.56. The molecule has 0 radical (unpaired) electrons. The van der Waals surface area contributed by atoms with Crippen molar-refractivity contribution in [2.75, 3.05) is 0 Å². The summed E-state index contributed by atoms with van der Waals surface area (Å²) in [6.45, 7) is 9.59. The van der Waals surface area contributed by atoms with Gasteiger partial charge in [0.15, 0.2) is 5.58 Å². The number of fused-ring (bicyclic) bond motifs is 1. The second-order valence-electron chi connectivity index (χ2n) is 6.94. The van der Waals surface area contributed by atoms with E-state index in [4.69, 9.17) is 4.42 Å². The third-order valence-corrected chi connectivity index (χ3v) is 3.32. The molecule has 0 amide bonds. The standard InChI is InChI=1S/C16H21NO3/c1-15(2,3)13-17-11-8-10(6-7-12(11)20-13)9-16(4,5)14(18)19/h6-8H,9H2,1-5H3,(H,18,19). The predicted octanol–water partition coefficient (Wildman–Crippen LogP) is 3.78. The highest BCUT2D eigenvalue weighted by atomic mass is 16.4. The van der Waals surface area contributed by atoms with Crippen LogP contribution in [0.2, 0.25) is 0 Å². The highest BCUT2D eigenvalue weighted by molar-refractivity contribution is 5.76. The van der Waals surface area contributed by atoms with Crippen LogP contribution in [0.15, 0.2) is 22.6 Å². The molecule has 0 atom stereocenters. The summed E-state index contributed by atoms with van der Waals surface area (Å²) in [6.07, 6.45) is 0.468. The minimum atomic E-state index is -0.798. The molecule has 0 saturated carbocycles. The zero-order valence-electron chi connectivity index (χ0n) is 12.7. The summed E-state index contributed by atoms with van der Waals surface area (Å²) in [7, 11) is 0. The summed E-state index contributed by atoms with van der Waals surface area (Å²) in [5.74, 6) is -0.102. The van der Waals surface area contributed by atoms with Gasteiger partial charge in [0, 0.05) is 5.41 Å². The van der Waals surface area contributed by atoms with E-state index in [1.807, 2.05) is 39.0 Å². The number of hydrogen-bond donors (Lipinski definition) is 1. The van der Waals surface area contributed by atoms with Gasteiger partial charge in [0.1, 0.15) is 5.52 Å². The Morgan fingerprint density at radius 3 is 2.45 bits per heavy atom. The number of carbonyl (C=O) groups is 1. The molecule has 1 heterocycles. The summed E-state index contributed by atoms with van der Waals surface area (Å²) in [4.78, 5) is 15.7. The second kappa shape index (κ2) is 4.62. The number of aromatic nitrogens is 1. The Morgan fingerprint density at radius 2 is 1.90 bits per heavy atom. The van der Waals surface area contributed by atoms with Crippen molar-refractivity contribution in [1.29, 1.82) is 0 Å². The Balaban J connectivity index is 2.37. The van der Waals surface area contributed by atoms with E-state index in [9.17, 15) is 9.90 Å². The van der Waals surface area contributed by atoms with Crippen molar-refractivity contribution in [2.45, 2.75) is 46.5 Å². The first-order chi connectivity index (χ1) is 9.09. The number of rotatable bonds is 3. The van der Waals surface area contributed by atoms with Gasteiger partial charge in [-0.3, -0.25) is 4.79 Å². The molecule has 2 aromatic rings. The van der Waals surface area contributed by atoms with Crippen LogP contribution < -0.4 is 0 Å². The van der Waals surface area contributed by atoms with Crippen LogP contribution >= 0.6 is 0 Å². The summed E-state index contributed by atoms with van der Waals surface area (Å²) in [5, 5.41) is 9.19. The lowest BCUT2D eigenvalue weighted by Gasteiger charge is -2.18. The number of nitrogens with zero attached hydrogens (tertiary/aromatic N) is 1. The molecule has 1 N–H and O–H groups in total. The predicted molar refractivity (Wildman–Crippen MR) is 77.8 cm³/mol. The Bertz CT molecular complexity index is 647. The molecule has 4 nitrogen and oxygen atoms in total. The molecule has 0 bridgehead atoms. The molecule has 0 aliphatic rings. The van der Waals surface area contributed by atoms with Gasteiger partial charge in [0.05, 0.1) is 5.41 Å². The van der Waals surface area contributed by atoms with Gasteiger partial charge in [-0.2, -0.15) is 0 Å². The van der Waals surface area contributed by atoms with E-state index in [1.54, 1.807) is 13.8 Å². The number of oxazole rings is 1. The molecule has 0 aliphatic carbocycles. The molecule has 0 unspecified atom stereocenters. The van der Waals surface area contributed by atoms with Gasteiger partial charge in [-0.25, -0.2) is 4.98 Å². The van der Waals surface area contributed by atoms with Crippen LogP contribution in [0.25, 0.3) is 11.1 Å². The van der Waals surface area contributed by atoms with Crippen molar-refractivity contribution in [1.82, 2.24) is 4.98 Å². The Hall–Kier alpha value is -1.84. The van der Waals surface area contributed by atoms with Gasteiger partial charge in [0.2, 0.25) is 5.89 Å². The van der Waals surface area contributed by atoms with E-state index in [2.05, 4.69) is 4.98 Å². The first-order valence-electron chi connectivity index (χ1n) is 6.73. The largest absolute Gasteiger partial charge is 0.481 e. The topological polar surface area (TPSA) is 63.3 Å². The number of hydrogen-bond acceptors (Lipinski definition) is 3. The monoisotopic (exact) mass is 275 g/mol. The Labute approximate surface area is 118 Å². The summed E-state index contributed by atoms with van der Waals surface area (Å²) in [6, 6.07) is 5.69. The molecule has 4 heteroatoms. The minimum absolute atomic E-state index is 0.139. The van der Waals surface area contributed by atoms with Gasteiger partial charge in [0.25, 0.3) is 0 Å². The van der Waals surface area contributed by atoms with E-state index in [-0.39, 0.29) is 5.41 Å². The molecule has 0 fully saturated rings. The van der Waals surface area contributed by atoms with Crippen LogP contribution in [0.3, 0.4) is 0 Å². The SMILES string of the molecule is CC(C)(Cc1ccc2oc(C(C)(C)C)nc2c1)C(=O)O. The highest BCUT2D eigenvalue weighted by Crippen LogP contribution is 2.28. The minimum Gasteiger partial charge on any atom is -0.481 e. The van der Waals surface area contributed by atoms with E-state index in [0.717, 1.165) is 16.7 Å². The normalized spacial score (nSPS) is 12.8. The lowest BCUT2D eigenvalue weighted by atomic mass is 9.86. The van der Waals surface area contributed by atoms with Crippen LogP contribution in [0.4, 0.5) is 0 Å². The molecule has 0 saturated heterocycles. The van der Waals surface area contributed by atoms with E-state index >= 15 is 0 Å². The molecule has 1 aromatic heterocycles. The zero-order valence-corrected chi connectivity index (χ0v) is 12.7. The van der Waals surface area contributed by atoms with Gasteiger partial charge < -0.3 is 9.52 Å². The van der Waals surface area contributed by atoms with Crippen molar-refractivity contribution in [2.24, 2.45) is 5.41 Å². The third-order valence-electron chi connectivity index (χ3n) is 3.32. The van der Waals surface area contributed by atoms with Crippen molar-refractivity contribution >= 4 is 17.1 Å². The van der Waals surface area contributed by atoms with Crippen LogP contribution in [0.5, 0.6) is 0 Å². The quantitative estimate of drug-likeness (QED) is 0.926. The molecule has 0 aliphatic heterocycles.